The van der Waals surface area contributed by atoms with Gasteiger partial charge in [0.1, 0.15) is 0 Å². The largest absolute Gasteiger partial charge is 0.367 e. The van der Waals surface area contributed by atoms with Crippen LogP contribution in [0.25, 0.3) is 0 Å². The summed E-state index contributed by atoms with van der Waals surface area (Å²) in [6.07, 6.45) is 0. The van der Waals surface area contributed by atoms with E-state index in [1.807, 2.05) is 11.3 Å². The maximum absolute atomic E-state index is 6.15. The maximum Gasteiger partial charge on any atom is 0.0760 e. The first-order chi connectivity index (χ1) is 9.65. The molecule has 0 aliphatic carbocycles. The van der Waals surface area contributed by atoms with E-state index < -0.39 is 0 Å². The molecule has 2 rings (SSSR count). The molecule has 0 aromatic carbocycles. The third-order valence-corrected chi connectivity index (χ3v) is 4.61. The van der Waals surface area contributed by atoms with Gasteiger partial charge < -0.3 is 10.1 Å². The molecule has 2 heterocycles. The second-order valence-corrected chi connectivity index (χ2v) is 8.92. The Kier molecular flexibility index (Phi) is 5.14. The molecule has 0 bridgehead atoms. The number of morpholine rings is 1. The number of thiophene rings is 1. The Morgan fingerprint density at radius 2 is 1.71 bits per heavy atom. The van der Waals surface area contributed by atoms with E-state index in [1.165, 1.54) is 9.75 Å². The summed E-state index contributed by atoms with van der Waals surface area (Å²) < 4.78 is 6.15. The van der Waals surface area contributed by atoms with Crippen LogP contribution in [-0.4, -0.2) is 35.2 Å². The summed E-state index contributed by atoms with van der Waals surface area (Å²) in [7, 11) is 0. The van der Waals surface area contributed by atoms with E-state index in [4.69, 9.17) is 4.74 Å². The van der Waals surface area contributed by atoms with Crippen LogP contribution in [0.3, 0.4) is 0 Å². The molecule has 120 valence electrons. The standard InChI is InChI=1S/C17H30N2OS/c1-13(2)18-9-14-7-8-15(21-14)10-19-11-16(3,4)20-17(5,6)12-19/h7-8,13,18H,9-12H2,1-6H3. The molecule has 0 unspecified atom stereocenters. The highest BCUT2D eigenvalue weighted by atomic mass is 32.1. The zero-order valence-corrected chi connectivity index (χ0v) is 15.1. The van der Waals surface area contributed by atoms with Gasteiger partial charge in [0.05, 0.1) is 11.2 Å². The summed E-state index contributed by atoms with van der Waals surface area (Å²) in [6.45, 7) is 17.1. The lowest BCUT2D eigenvalue weighted by Crippen LogP contribution is -2.56. The molecule has 0 atom stereocenters. The van der Waals surface area contributed by atoms with E-state index in [-0.39, 0.29) is 11.2 Å². The number of hydrogen-bond acceptors (Lipinski definition) is 4. The summed E-state index contributed by atoms with van der Waals surface area (Å²) in [4.78, 5) is 5.39. The van der Waals surface area contributed by atoms with Gasteiger partial charge in [0.2, 0.25) is 0 Å². The minimum atomic E-state index is -0.0684. The van der Waals surface area contributed by atoms with Crippen LogP contribution in [0.4, 0.5) is 0 Å². The van der Waals surface area contributed by atoms with Crippen LogP contribution in [0.2, 0.25) is 0 Å². The Morgan fingerprint density at radius 3 is 2.29 bits per heavy atom. The molecular formula is C17H30N2OS. The number of hydrogen-bond donors (Lipinski definition) is 1. The molecule has 1 N–H and O–H groups in total. The van der Waals surface area contributed by atoms with Gasteiger partial charge in [-0.2, -0.15) is 0 Å². The van der Waals surface area contributed by atoms with Crippen molar-refractivity contribution in [3.8, 4) is 0 Å². The van der Waals surface area contributed by atoms with Gasteiger partial charge in [0.25, 0.3) is 0 Å². The van der Waals surface area contributed by atoms with Gasteiger partial charge in [-0.05, 0) is 39.8 Å². The molecule has 0 amide bonds. The van der Waals surface area contributed by atoms with Crippen LogP contribution in [0.15, 0.2) is 12.1 Å². The Labute approximate surface area is 133 Å². The van der Waals surface area contributed by atoms with Crippen LogP contribution >= 0.6 is 11.3 Å². The fraction of sp³-hybridized carbons (Fsp3) is 0.765. The topological polar surface area (TPSA) is 24.5 Å². The molecule has 1 aromatic rings. The summed E-state index contributed by atoms with van der Waals surface area (Å²) in [6, 6.07) is 5.07. The molecule has 1 aromatic heterocycles. The summed E-state index contributed by atoms with van der Waals surface area (Å²) in [5, 5.41) is 3.48. The summed E-state index contributed by atoms with van der Waals surface area (Å²) in [5.74, 6) is 0. The molecule has 1 saturated heterocycles. The predicted octanol–water partition coefficient (Wildman–Crippen LogP) is 3.64. The van der Waals surface area contributed by atoms with Crippen molar-refractivity contribution < 1.29 is 4.74 Å². The van der Waals surface area contributed by atoms with Crippen molar-refractivity contribution in [3.05, 3.63) is 21.9 Å². The average molecular weight is 311 g/mol. The highest BCUT2D eigenvalue weighted by molar-refractivity contribution is 7.11. The monoisotopic (exact) mass is 310 g/mol. The van der Waals surface area contributed by atoms with Crippen molar-refractivity contribution in [2.45, 2.75) is 71.9 Å². The average Bonchev–Trinajstić information content (AvgIpc) is 2.69. The molecular weight excluding hydrogens is 280 g/mol. The first-order valence-corrected chi connectivity index (χ1v) is 8.70. The third kappa shape index (κ3) is 5.37. The quantitative estimate of drug-likeness (QED) is 0.898. The van der Waals surface area contributed by atoms with Crippen molar-refractivity contribution in [3.63, 3.8) is 0 Å². The lowest BCUT2D eigenvalue weighted by Gasteiger charge is -2.47. The first kappa shape index (κ1) is 16.9. The van der Waals surface area contributed by atoms with E-state index in [0.29, 0.717) is 6.04 Å². The van der Waals surface area contributed by atoms with E-state index in [0.717, 1.165) is 26.2 Å². The fourth-order valence-corrected chi connectivity index (χ4v) is 4.20. The Morgan fingerprint density at radius 1 is 1.14 bits per heavy atom. The molecule has 0 spiro atoms. The molecule has 1 aliphatic rings. The van der Waals surface area contributed by atoms with E-state index in [2.05, 4.69) is 63.9 Å². The van der Waals surface area contributed by atoms with Crippen molar-refractivity contribution in [2.75, 3.05) is 13.1 Å². The molecule has 1 aliphatic heterocycles. The third-order valence-electron chi connectivity index (χ3n) is 3.54. The van der Waals surface area contributed by atoms with Crippen LogP contribution in [0.1, 0.15) is 51.3 Å². The predicted molar refractivity (Wildman–Crippen MR) is 90.8 cm³/mol. The zero-order valence-electron chi connectivity index (χ0n) is 14.3. The molecule has 3 nitrogen and oxygen atoms in total. The van der Waals surface area contributed by atoms with Crippen molar-refractivity contribution in [1.82, 2.24) is 10.2 Å². The van der Waals surface area contributed by atoms with E-state index in [9.17, 15) is 0 Å². The van der Waals surface area contributed by atoms with Crippen LogP contribution < -0.4 is 5.32 Å². The zero-order chi connectivity index (χ0) is 15.7. The van der Waals surface area contributed by atoms with Gasteiger partial charge in [0, 0.05) is 42.0 Å². The molecule has 1 fully saturated rings. The second-order valence-electron chi connectivity index (χ2n) is 7.67. The first-order valence-electron chi connectivity index (χ1n) is 7.89. The minimum absolute atomic E-state index is 0.0684. The lowest BCUT2D eigenvalue weighted by molar-refractivity contribution is -0.182. The second kappa shape index (κ2) is 6.37. The molecule has 21 heavy (non-hydrogen) atoms. The van der Waals surface area contributed by atoms with Gasteiger partial charge in [-0.25, -0.2) is 0 Å². The van der Waals surface area contributed by atoms with E-state index in [1.54, 1.807) is 0 Å². The van der Waals surface area contributed by atoms with Gasteiger partial charge in [0.15, 0.2) is 0 Å². The Bertz CT molecular complexity index is 449. The van der Waals surface area contributed by atoms with Gasteiger partial charge in [-0.1, -0.05) is 13.8 Å². The minimum Gasteiger partial charge on any atom is -0.367 e. The highest BCUT2D eigenvalue weighted by Crippen LogP contribution is 2.30. The highest BCUT2D eigenvalue weighted by Gasteiger charge is 2.37. The lowest BCUT2D eigenvalue weighted by atomic mass is 9.99. The molecule has 0 saturated carbocycles. The number of ether oxygens (including phenoxy) is 1. The van der Waals surface area contributed by atoms with Crippen LogP contribution in [-0.2, 0) is 17.8 Å². The molecule has 0 radical (unpaired) electrons. The van der Waals surface area contributed by atoms with Gasteiger partial charge >= 0.3 is 0 Å². The number of rotatable bonds is 5. The fourth-order valence-electron chi connectivity index (χ4n) is 3.18. The number of nitrogens with zero attached hydrogens (tertiary/aromatic N) is 1. The summed E-state index contributed by atoms with van der Waals surface area (Å²) in [5.41, 5.74) is -0.137. The van der Waals surface area contributed by atoms with Gasteiger partial charge in [-0.15, -0.1) is 11.3 Å². The van der Waals surface area contributed by atoms with Crippen LogP contribution in [0, 0.1) is 0 Å². The van der Waals surface area contributed by atoms with Gasteiger partial charge in [-0.3, -0.25) is 4.90 Å². The molecule has 4 heteroatoms. The normalized spacial score (nSPS) is 21.9. The summed E-state index contributed by atoms with van der Waals surface area (Å²) >= 11 is 1.92. The maximum atomic E-state index is 6.15. The van der Waals surface area contributed by atoms with Crippen LogP contribution in [0.5, 0.6) is 0 Å². The van der Waals surface area contributed by atoms with Crippen molar-refractivity contribution >= 4 is 11.3 Å². The number of nitrogens with one attached hydrogen (secondary N) is 1. The Balaban J connectivity index is 1.95. The smallest absolute Gasteiger partial charge is 0.0760 e. The van der Waals surface area contributed by atoms with Crippen molar-refractivity contribution in [2.24, 2.45) is 0 Å². The van der Waals surface area contributed by atoms with Crippen molar-refractivity contribution in [1.29, 1.82) is 0 Å². The van der Waals surface area contributed by atoms with E-state index >= 15 is 0 Å². The Hall–Kier alpha value is -0.420. The SMILES string of the molecule is CC(C)NCc1ccc(CN2CC(C)(C)OC(C)(C)C2)s1.